The first kappa shape index (κ1) is 24.6. The highest BCUT2D eigenvalue weighted by molar-refractivity contribution is 14.0. The lowest BCUT2D eigenvalue weighted by Gasteiger charge is -2.26. The largest absolute Gasteiger partial charge is 0.492 e. The molecular formula is C21H35IN4O2S. The van der Waals surface area contributed by atoms with E-state index in [9.17, 15) is 0 Å². The van der Waals surface area contributed by atoms with Gasteiger partial charge in [0, 0.05) is 50.1 Å². The van der Waals surface area contributed by atoms with Crippen LogP contribution in [0, 0.1) is 0 Å². The van der Waals surface area contributed by atoms with Crippen LogP contribution in [0.15, 0.2) is 29.3 Å². The summed E-state index contributed by atoms with van der Waals surface area (Å²) in [5, 5.41) is 7.80. The van der Waals surface area contributed by atoms with Crippen molar-refractivity contribution in [3.63, 3.8) is 0 Å². The number of nitrogens with one attached hydrogen (secondary N) is 2. The van der Waals surface area contributed by atoms with Gasteiger partial charge in [-0.05, 0) is 31.6 Å². The molecule has 8 heteroatoms. The van der Waals surface area contributed by atoms with Crippen molar-refractivity contribution in [2.75, 3.05) is 52.8 Å². The predicted molar refractivity (Wildman–Crippen MR) is 133 cm³/mol. The molecular weight excluding hydrogens is 499 g/mol. The molecule has 2 atom stereocenters. The van der Waals surface area contributed by atoms with Crippen LogP contribution in [-0.4, -0.2) is 74.9 Å². The highest BCUT2D eigenvalue weighted by atomic mass is 127. The molecule has 0 radical (unpaired) electrons. The van der Waals surface area contributed by atoms with E-state index in [-0.39, 0.29) is 24.0 Å². The lowest BCUT2D eigenvalue weighted by Crippen LogP contribution is -2.42. The number of benzene rings is 1. The number of guanidine groups is 1. The predicted octanol–water partition coefficient (Wildman–Crippen LogP) is 2.96. The maximum Gasteiger partial charge on any atom is 0.191 e. The average molecular weight is 535 g/mol. The van der Waals surface area contributed by atoms with Crippen molar-refractivity contribution < 1.29 is 9.47 Å². The first-order valence-electron chi connectivity index (χ1n) is 10.3. The Morgan fingerprint density at radius 1 is 1.28 bits per heavy atom. The van der Waals surface area contributed by atoms with Crippen molar-refractivity contribution in [1.29, 1.82) is 0 Å². The van der Waals surface area contributed by atoms with Gasteiger partial charge in [-0.1, -0.05) is 18.2 Å². The second-order valence-electron chi connectivity index (χ2n) is 7.35. The van der Waals surface area contributed by atoms with E-state index in [4.69, 9.17) is 9.47 Å². The van der Waals surface area contributed by atoms with Crippen LogP contribution >= 0.6 is 35.7 Å². The summed E-state index contributed by atoms with van der Waals surface area (Å²) >= 11 is 1.97. The van der Waals surface area contributed by atoms with Gasteiger partial charge in [0.2, 0.25) is 0 Å². The maximum atomic E-state index is 6.08. The molecule has 29 heavy (non-hydrogen) atoms. The van der Waals surface area contributed by atoms with Gasteiger partial charge in [0.05, 0.1) is 13.2 Å². The molecule has 2 unspecified atom stereocenters. The third-order valence-corrected chi connectivity index (χ3v) is 6.56. The lowest BCUT2D eigenvalue weighted by molar-refractivity contribution is 0.0322. The van der Waals surface area contributed by atoms with Gasteiger partial charge in [0.25, 0.3) is 0 Å². The molecule has 1 heterocycles. The van der Waals surface area contributed by atoms with E-state index < -0.39 is 0 Å². The summed E-state index contributed by atoms with van der Waals surface area (Å²) in [7, 11) is 1.83. The monoisotopic (exact) mass is 534 g/mol. The van der Waals surface area contributed by atoms with Crippen molar-refractivity contribution in [3.05, 3.63) is 29.8 Å². The molecule has 0 bridgehead atoms. The average Bonchev–Trinajstić information content (AvgIpc) is 3.20. The molecule has 1 saturated heterocycles. The Balaban J connectivity index is 0.00000300. The number of para-hydroxylation sites is 1. The van der Waals surface area contributed by atoms with Crippen LogP contribution in [0.4, 0.5) is 0 Å². The Hall–Kier alpha value is -0.710. The van der Waals surface area contributed by atoms with Gasteiger partial charge in [-0.15, -0.1) is 24.0 Å². The number of rotatable bonds is 8. The zero-order valence-electron chi connectivity index (χ0n) is 17.6. The Labute approximate surface area is 196 Å². The minimum absolute atomic E-state index is 0. The third kappa shape index (κ3) is 8.15. The SMILES string of the molecule is CN=C(NCc1ccccc1OCCN1CCOCC1)NC1CCC(SC)C1.I. The molecule has 2 N–H and O–H groups in total. The zero-order valence-corrected chi connectivity index (χ0v) is 20.7. The summed E-state index contributed by atoms with van der Waals surface area (Å²) in [6.07, 6.45) is 5.92. The number of aliphatic imine (C=N–C) groups is 1. The number of morpholine rings is 1. The second-order valence-corrected chi connectivity index (χ2v) is 8.49. The van der Waals surface area contributed by atoms with E-state index in [0.717, 1.165) is 55.4 Å². The fourth-order valence-corrected chi connectivity index (χ4v) is 4.55. The fourth-order valence-electron chi connectivity index (χ4n) is 3.75. The molecule has 0 amide bonds. The van der Waals surface area contributed by atoms with Crippen LogP contribution in [0.1, 0.15) is 24.8 Å². The molecule has 1 aromatic rings. The van der Waals surface area contributed by atoms with Gasteiger partial charge in [-0.3, -0.25) is 9.89 Å². The number of nitrogens with zero attached hydrogens (tertiary/aromatic N) is 2. The third-order valence-electron chi connectivity index (χ3n) is 5.47. The quantitative estimate of drug-likeness (QED) is 0.304. The van der Waals surface area contributed by atoms with Gasteiger partial charge >= 0.3 is 0 Å². The summed E-state index contributed by atoms with van der Waals surface area (Å²) in [5.74, 6) is 1.82. The minimum atomic E-state index is 0. The van der Waals surface area contributed by atoms with Gasteiger partial charge in [-0.25, -0.2) is 0 Å². The summed E-state index contributed by atoms with van der Waals surface area (Å²) in [5.41, 5.74) is 1.15. The van der Waals surface area contributed by atoms with E-state index in [1.54, 1.807) is 0 Å². The Bertz CT molecular complexity index is 628. The number of ether oxygens (including phenoxy) is 2. The second kappa shape index (κ2) is 13.6. The van der Waals surface area contributed by atoms with E-state index in [0.29, 0.717) is 19.2 Å². The molecule has 1 aromatic carbocycles. The first-order chi connectivity index (χ1) is 13.8. The van der Waals surface area contributed by atoms with Crippen LogP contribution in [-0.2, 0) is 11.3 Å². The molecule has 1 aliphatic heterocycles. The Morgan fingerprint density at radius 2 is 2.07 bits per heavy atom. The number of halogens is 1. The zero-order chi connectivity index (χ0) is 19.6. The molecule has 164 valence electrons. The van der Waals surface area contributed by atoms with E-state index in [2.05, 4.69) is 38.9 Å². The van der Waals surface area contributed by atoms with E-state index in [1.807, 2.05) is 30.9 Å². The number of hydrogen-bond donors (Lipinski definition) is 2. The van der Waals surface area contributed by atoms with Crippen LogP contribution in [0.2, 0.25) is 0 Å². The summed E-state index contributed by atoms with van der Waals surface area (Å²) in [6.45, 7) is 5.97. The molecule has 6 nitrogen and oxygen atoms in total. The van der Waals surface area contributed by atoms with Crippen LogP contribution in [0.5, 0.6) is 5.75 Å². The molecule has 1 saturated carbocycles. The van der Waals surface area contributed by atoms with Crippen molar-refractivity contribution in [2.45, 2.75) is 37.1 Å². The number of hydrogen-bond acceptors (Lipinski definition) is 5. The Morgan fingerprint density at radius 3 is 2.79 bits per heavy atom. The van der Waals surface area contributed by atoms with Crippen molar-refractivity contribution in [1.82, 2.24) is 15.5 Å². The van der Waals surface area contributed by atoms with Crippen molar-refractivity contribution >= 4 is 41.7 Å². The van der Waals surface area contributed by atoms with Crippen LogP contribution in [0.3, 0.4) is 0 Å². The van der Waals surface area contributed by atoms with E-state index in [1.165, 1.54) is 19.3 Å². The molecule has 2 aliphatic rings. The van der Waals surface area contributed by atoms with Crippen molar-refractivity contribution in [2.24, 2.45) is 4.99 Å². The summed E-state index contributed by atoms with van der Waals surface area (Å²) in [6, 6.07) is 8.77. The van der Waals surface area contributed by atoms with E-state index >= 15 is 0 Å². The van der Waals surface area contributed by atoms with Crippen LogP contribution < -0.4 is 15.4 Å². The molecule has 0 spiro atoms. The van der Waals surface area contributed by atoms with Gasteiger partial charge in [0.1, 0.15) is 12.4 Å². The Kier molecular flexibility index (Phi) is 11.5. The molecule has 0 aromatic heterocycles. The molecule has 1 aliphatic carbocycles. The topological polar surface area (TPSA) is 58.1 Å². The highest BCUT2D eigenvalue weighted by Gasteiger charge is 2.24. The highest BCUT2D eigenvalue weighted by Crippen LogP contribution is 2.28. The maximum absolute atomic E-state index is 6.08. The van der Waals surface area contributed by atoms with Crippen molar-refractivity contribution in [3.8, 4) is 5.75 Å². The molecule has 2 fully saturated rings. The number of thioether (sulfide) groups is 1. The smallest absolute Gasteiger partial charge is 0.191 e. The van der Waals surface area contributed by atoms with Crippen LogP contribution in [0.25, 0.3) is 0 Å². The molecule has 3 rings (SSSR count). The first-order valence-corrected chi connectivity index (χ1v) is 11.6. The summed E-state index contributed by atoms with van der Waals surface area (Å²) in [4.78, 5) is 6.79. The lowest BCUT2D eigenvalue weighted by atomic mass is 10.2. The normalized spacial score (nSPS) is 22.8. The van der Waals surface area contributed by atoms with Gasteiger partial charge in [0.15, 0.2) is 5.96 Å². The van der Waals surface area contributed by atoms with Gasteiger partial charge < -0.3 is 20.1 Å². The standard InChI is InChI=1S/C21H34N4O2S.HI/c1-22-21(24-18-7-8-19(15-18)28-2)23-16-17-5-3-4-6-20(17)27-14-11-25-9-12-26-13-10-25;/h3-6,18-19H,7-16H2,1-2H3,(H2,22,23,24);1H. The fraction of sp³-hybridized carbons (Fsp3) is 0.667. The minimum Gasteiger partial charge on any atom is -0.492 e. The van der Waals surface area contributed by atoms with Gasteiger partial charge in [-0.2, -0.15) is 11.8 Å². The summed E-state index contributed by atoms with van der Waals surface area (Å²) < 4.78 is 11.5.